The van der Waals surface area contributed by atoms with Gasteiger partial charge in [-0.1, -0.05) is 24.6 Å². The minimum absolute atomic E-state index is 0.255. The van der Waals surface area contributed by atoms with E-state index in [-0.39, 0.29) is 11.8 Å². The number of fused-ring (bicyclic) bond motifs is 2. The molecule has 0 unspecified atom stereocenters. The Morgan fingerprint density at radius 1 is 1.14 bits per heavy atom. The van der Waals surface area contributed by atoms with E-state index in [0.29, 0.717) is 13.2 Å². The van der Waals surface area contributed by atoms with Crippen molar-refractivity contribution in [3.8, 4) is 5.75 Å². The predicted octanol–water partition coefficient (Wildman–Crippen LogP) is 3.23. The fraction of sp³-hybridized carbons (Fsp3) is 0.522. The van der Waals surface area contributed by atoms with E-state index in [1.54, 1.807) is 13.3 Å². The Bertz CT molecular complexity index is 753. The van der Waals surface area contributed by atoms with Crippen LogP contribution in [-0.4, -0.2) is 48.4 Å². The van der Waals surface area contributed by atoms with Gasteiger partial charge >= 0.3 is 0 Å². The van der Waals surface area contributed by atoms with Crippen molar-refractivity contribution in [1.82, 2.24) is 9.88 Å². The third kappa shape index (κ3) is 3.93. The second kappa shape index (κ2) is 8.60. The van der Waals surface area contributed by atoms with E-state index in [4.69, 9.17) is 9.47 Å². The minimum Gasteiger partial charge on any atom is -0.491 e. The number of benzene rings is 1. The Morgan fingerprint density at radius 2 is 1.96 bits per heavy atom. The highest BCUT2D eigenvalue weighted by Crippen LogP contribution is 2.49. The molecule has 0 spiro atoms. The first-order valence-corrected chi connectivity index (χ1v) is 10.3. The lowest BCUT2D eigenvalue weighted by molar-refractivity contribution is -0.148. The third-order valence-electron chi connectivity index (χ3n) is 6.29. The number of ether oxygens (including phenoxy) is 2. The standard InChI is InChI=1S/C23H30N2O3/c1-27-11-12-28-22-9-2-5-18(13-22)15-25-16-20-6-3-7-21(17-25)23(20,26)19-8-4-10-24-14-19/h2,4-5,8-10,13-14,20-21,26H,3,6-7,11-12,15-17H2,1H3/t20-,21-/m1/s1. The van der Waals surface area contributed by atoms with Crippen molar-refractivity contribution in [2.24, 2.45) is 11.8 Å². The van der Waals surface area contributed by atoms with Gasteiger partial charge in [-0.2, -0.15) is 0 Å². The van der Waals surface area contributed by atoms with E-state index in [0.717, 1.165) is 43.8 Å². The Kier molecular flexibility index (Phi) is 5.95. The molecular formula is C23H30N2O3. The van der Waals surface area contributed by atoms with Crippen LogP contribution in [0.1, 0.15) is 30.4 Å². The van der Waals surface area contributed by atoms with Gasteiger partial charge in [0.25, 0.3) is 0 Å². The van der Waals surface area contributed by atoms with Gasteiger partial charge in [-0.15, -0.1) is 0 Å². The summed E-state index contributed by atoms with van der Waals surface area (Å²) in [6.07, 6.45) is 6.97. The summed E-state index contributed by atoms with van der Waals surface area (Å²) in [5.74, 6) is 1.40. The number of methoxy groups -OCH3 is 1. The highest BCUT2D eigenvalue weighted by atomic mass is 16.5. The number of nitrogens with zero attached hydrogens (tertiary/aromatic N) is 2. The van der Waals surface area contributed by atoms with E-state index in [1.807, 2.05) is 30.5 Å². The van der Waals surface area contributed by atoms with E-state index in [2.05, 4.69) is 22.0 Å². The molecule has 4 rings (SSSR count). The van der Waals surface area contributed by atoms with Gasteiger partial charge in [0, 0.05) is 56.5 Å². The minimum atomic E-state index is -0.742. The molecule has 0 amide bonds. The number of piperidine rings is 1. The first-order valence-electron chi connectivity index (χ1n) is 10.3. The molecule has 1 aliphatic heterocycles. The average molecular weight is 383 g/mol. The monoisotopic (exact) mass is 382 g/mol. The molecule has 28 heavy (non-hydrogen) atoms. The summed E-state index contributed by atoms with van der Waals surface area (Å²) in [6.45, 7) is 3.86. The number of hydrogen-bond acceptors (Lipinski definition) is 5. The molecular weight excluding hydrogens is 352 g/mol. The molecule has 0 radical (unpaired) electrons. The first kappa shape index (κ1) is 19.4. The van der Waals surface area contributed by atoms with Gasteiger partial charge in [0.15, 0.2) is 0 Å². The van der Waals surface area contributed by atoms with Crippen LogP contribution < -0.4 is 4.74 Å². The van der Waals surface area contributed by atoms with E-state index >= 15 is 0 Å². The number of rotatable bonds is 7. The largest absolute Gasteiger partial charge is 0.491 e. The molecule has 1 aromatic carbocycles. The smallest absolute Gasteiger partial charge is 0.119 e. The van der Waals surface area contributed by atoms with Crippen molar-refractivity contribution in [2.45, 2.75) is 31.4 Å². The lowest BCUT2D eigenvalue weighted by Gasteiger charge is -2.53. The molecule has 1 aliphatic carbocycles. The molecule has 5 heteroatoms. The molecule has 2 heterocycles. The first-order chi connectivity index (χ1) is 13.7. The Balaban J connectivity index is 1.46. The maximum atomic E-state index is 11.7. The SMILES string of the molecule is COCCOc1cccc(CN2C[C@H]3CCC[C@H](C2)C3(O)c2cccnc2)c1. The van der Waals surface area contributed by atoms with Crippen molar-refractivity contribution in [3.63, 3.8) is 0 Å². The molecule has 2 fully saturated rings. The Morgan fingerprint density at radius 3 is 2.68 bits per heavy atom. The Hall–Kier alpha value is -1.95. The van der Waals surface area contributed by atoms with E-state index < -0.39 is 5.60 Å². The second-order valence-corrected chi connectivity index (χ2v) is 8.07. The fourth-order valence-corrected chi connectivity index (χ4v) is 4.98. The van der Waals surface area contributed by atoms with E-state index in [9.17, 15) is 5.11 Å². The van der Waals surface area contributed by atoms with Crippen LogP contribution in [0, 0.1) is 11.8 Å². The van der Waals surface area contributed by atoms with Gasteiger partial charge < -0.3 is 14.6 Å². The Labute approximate surface area is 167 Å². The van der Waals surface area contributed by atoms with Gasteiger partial charge in [0.1, 0.15) is 12.4 Å². The molecule has 2 aromatic rings. The molecule has 1 saturated carbocycles. The molecule has 2 atom stereocenters. The fourth-order valence-electron chi connectivity index (χ4n) is 4.98. The van der Waals surface area contributed by atoms with Crippen LogP contribution in [0.5, 0.6) is 5.75 Å². The molecule has 2 aliphatic rings. The van der Waals surface area contributed by atoms with Crippen molar-refractivity contribution in [1.29, 1.82) is 0 Å². The summed E-state index contributed by atoms with van der Waals surface area (Å²) in [7, 11) is 1.68. The van der Waals surface area contributed by atoms with Crippen LogP contribution in [0.3, 0.4) is 0 Å². The maximum absolute atomic E-state index is 11.7. The molecule has 1 N–H and O–H groups in total. The summed E-state index contributed by atoms with van der Waals surface area (Å²) < 4.78 is 10.8. The topological polar surface area (TPSA) is 54.8 Å². The van der Waals surface area contributed by atoms with Crippen molar-refractivity contribution < 1.29 is 14.6 Å². The number of aromatic nitrogens is 1. The second-order valence-electron chi connectivity index (χ2n) is 8.07. The maximum Gasteiger partial charge on any atom is 0.119 e. The molecule has 150 valence electrons. The lowest BCUT2D eigenvalue weighted by Crippen LogP contribution is -2.57. The van der Waals surface area contributed by atoms with E-state index in [1.165, 1.54) is 12.0 Å². The molecule has 1 saturated heterocycles. The summed E-state index contributed by atoms with van der Waals surface area (Å²) >= 11 is 0. The highest BCUT2D eigenvalue weighted by Gasteiger charge is 2.51. The van der Waals surface area contributed by atoms with Crippen molar-refractivity contribution in [3.05, 3.63) is 59.9 Å². The van der Waals surface area contributed by atoms with Crippen LogP contribution >= 0.6 is 0 Å². The quantitative estimate of drug-likeness (QED) is 0.745. The normalized spacial score (nSPS) is 27.5. The van der Waals surface area contributed by atoms with Gasteiger partial charge in [-0.25, -0.2) is 0 Å². The third-order valence-corrected chi connectivity index (χ3v) is 6.29. The summed E-state index contributed by atoms with van der Waals surface area (Å²) in [4.78, 5) is 6.76. The predicted molar refractivity (Wildman–Crippen MR) is 108 cm³/mol. The number of hydrogen-bond donors (Lipinski definition) is 1. The van der Waals surface area contributed by atoms with Crippen LogP contribution in [0.25, 0.3) is 0 Å². The average Bonchev–Trinajstić information content (AvgIpc) is 2.70. The zero-order valence-electron chi connectivity index (χ0n) is 16.6. The zero-order valence-corrected chi connectivity index (χ0v) is 16.6. The van der Waals surface area contributed by atoms with Gasteiger partial charge in [-0.05, 0) is 36.6 Å². The zero-order chi connectivity index (χ0) is 19.4. The van der Waals surface area contributed by atoms with Crippen LogP contribution in [0.4, 0.5) is 0 Å². The lowest BCUT2D eigenvalue weighted by atomic mass is 9.63. The highest BCUT2D eigenvalue weighted by molar-refractivity contribution is 5.29. The van der Waals surface area contributed by atoms with Crippen LogP contribution in [0.15, 0.2) is 48.8 Å². The number of pyridine rings is 1. The van der Waals surface area contributed by atoms with Crippen molar-refractivity contribution >= 4 is 0 Å². The van der Waals surface area contributed by atoms with Gasteiger partial charge in [0.05, 0.1) is 12.2 Å². The number of likely N-dealkylation sites (tertiary alicyclic amines) is 1. The summed E-state index contributed by atoms with van der Waals surface area (Å²) in [6, 6.07) is 12.3. The van der Waals surface area contributed by atoms with Crippen LogP contribution in [-0.2, 0) is 16.9 Å². The summed E-state index contributed by atoms with van der Waals surface area (Å²) in [5, 5.41) is 11.7. The van der Waals surface area contributed by atoms with Crippen molar-refractivity contribution in [2.75, 3.05) is 33.4 Å². The molecule has 1 aromatic heterocycles. The van der Waals surface area contributed by atoms with Gasteiger partial charge in [-0.3, -0.25) is 9.88 Å². The molecule has 5 nitrogen and oxygen atoms in total. The number of aliphatic hydroxyl groups is 1. The van der Waals surface area contributed by atoms with Crippen LogP contribution in [0.2, 0.25) is 0 Å². The summed E-state index contributed by atoms with van der Waals surface area (Å²) in [5.41, 5.74) is 1.49. The molecule has 2 bridgehead atoms. The van der Waals surface area contributed by atoms with Gasteiger partial charge in [0.2, 0.25) is 0 Å².